The summed E-state index contributed by atoms with van der Waals surface area (Å²) in [6.07, 6.45) is 0. The van der Waals surface area contributed by atoms with E-state index in [9.17, 15) is 0 Å². The third kappa shape index (κ3) is 3.87. The van der Waals surface area contributed by atoms with Crippen LogP contribution < -0.4 is 0 Å². The molecular weight excluding hydrogens is 320 g/mol. The van der Waals surface area contributed by atoms with Gasteiger partial charge in [0.2, 0.25) is 5.90 Å². The summed E-state index contributed by atoms with van der Waals surface area (Å²) < 4.78 is 5.87. The molecule has 1 atom stereocenters. The number of para-hydroxylation sites is 1. The Labute approximate surface area is 156 Å². The third-order valence-corrected chi connectivity index (χ3v) is 4.61. The summed E-state index contributed by atoms with van der Waals surface area (Å²) in [6, 6.07) is 16.9. The molecule has 0 saturated heterocycles. The molecule has 0 aromatic heterocycles. The van der Waals surface area contributed by atoms with Crippen LogP contribution in [0.4, 0.5) is 5.69 Å². The van der Waals surface area contributed by atoms with Crippen LogP contribution in [-0.2, 0) is 4.74 Å². The lowest BCUT2D eigenvalue weighted by Crippen LogP contribution is -2.16. The molecule has 0 radical (unpaired) electrons. The lowest BCUT2D eigenvalue weighted by atomic mass is 9.92. The van der Waals surface area contributed by atoms with Gasteiger partial charge in [0, 0.05) is 5.56 Å². The van der Waals surface area contributed by atoms with Crippen LogP contribution in [-0.4, -0.2) is 24.3 Å². The van der Waals surface area contributed by atoms with Crippen LogP contribution in [0.1, 0.15) is 63.1 Å². The Balaban J connectivity index is 2.22. The van der Waals surface area contributed by atoms with E-state index in [0.29, 0.717) is 24.3 Å². The highest BCUT2D eigenvalue weighted by molar-refractivity contribution is 6.46. The van der Waals surface area contributed by atoms with Gasteiger partial charge in [0.25, 0.3) is 0 Å². The van der Waals surface area contributed by atoms with Gasteiger partial charge in [-0.3, -0.25) is 0 Å². The maximum Gasteiger partial charge on any atom is 0.236 e. The monoisotopic (exact) mass is 348 g/mol. The van der Waals surface area contributed by atoms with Crippen molar-refractivity contribution in [1.82, 2.24) is 0 Å². The fourth-order valence-corrected chi connectivity index (χ4v) is 3.19. The smallest absolute Gasteiger partial charge is 0.236 e. The Bertz CT molecular complexity index is 793. The molecule has 1 aliphatic heterocycles. The number of ether oxygens (including phenoxy) is 1. The summed E-state index contributed by atoms with van der Waals surface area (Å²) in [7, 11) is 0. The van der Waals surface area contributed by atoms with Crippen LogP contribution in [0.25, 0.3) is 0 Å². The molecule has 3 rings (SSSR count). The summed E-state index contributed by atoms with van der Waals surface area (Å²) in [4.78, 5) is 9.82. The van der Waals surface area contributed by atoms with E-state index in [1.807, 2.05) is 18.2 Å². The van der Waals surface area contributed by atoms with E-state index in [1.54, 1.807) is 0 Å². The maximum atomic E-state index is 5.87. The van der Waals surface area contributed by atoms with E-state index in [2.05, 4.69) is 69.9 Å². The molecular formula is C23H28N2O. The quantitative estimate of drug-likeness (QED) is 0.622. The molecule has 2 aromatic rings. The second-order valence-corrected chi connectivity index (χ2v) is 7.52. The van der Waals surface area contributed by atoms with Gasteiger partial charge >= 0.3 is 0 Å². The summed E-state index contributed by atoms with van der Waals surface area (Å²) in [5.41, 5.74) is 5.44. The lowest BCUT2D eigenvalue weighted by Gasteiger charge is -2.18. The Kier molecular flexibility index (Phi) is 5.55. The first-order valence-electron chi connectivity index (χ1n) is 9.45. The molecule has 0 amide bonds. The van der Waals surface area contributed by atoms with Crippen molar-refractivity contribution in [1.29, 1.82) is 0 Å². The zero-order chi connectivity index (χ0) is 18.7. The van der Waals surface area contributed by atoms with Crippen molar-refractivity contribution < 1.29 is 4.74 Å². The molecule has 1 aliphatic rings. The molecule has 136 valence electrons. The van der Waals surface area contributed by atoms with Gasteiger partial charge in [0.05, 0.1) is 11.7 Å². The molecule has 0 bridgehead atoms. The van der Waals surface area contributed by atoms with Crippen LogP contribution in [0, 0.1) is 0 Å². The van der Waals surface area contributed by atoms with Gasteiger partial charge in [-0.15, -0.1) is 0 Å². The van der Waals surface area contributed by atoms with Gasteiger partial charge in [-0.05, 0) is 29.9 Å². The SMILES string of the molecule is CC(C)c1cccc(C(C)C)c1/N=C(/C1=N[C@@H](C)CO1)c1ccccc1. The van der Waals surface area contributed by atoms with Gasteiger partial charge < -0.3 is 4.74 Å². The number of hydrogen-bond acceptors (Lipinski definition) is 3. The second-order valence-electron chi connectivity index (χ2n) is 7.52. The van der Waals surface area contributed by atoms with Crippen LogP contribution in [0.2, 0.25) is 0 Å². The number of nitrogens with zero attached hydrogens (tertiary/aromatic N) is 2. The Morgan fingerprint density at radius 2 is 1.58 bits per heavy atom. The van der Waals surface area contributed by atoms with Crippen molar-refractivity contribution in [2.75, 3.05) is 6.61 Å². The van der Waals surface area contributed by atoms with Crippen LogP contribution in [0.5, 0.6) is 0 Å². The average molecular weight is 348 g/mol. The van der Waals surface area contributed by atoms with Crippen molar-refractivity contribution in [3.05, 3.63) is 65.2 Å². The molecule has 0 saturated carbocycles. The van der Waals surface area contributed by atoms with Gasteiger partial charge in [-0.25, -0.2) is 9.98 Å². The molecule has 0 unspecified atom stereocenters. The van der Waals surface area contributed by atoms with Gasteiger partial charge in [-0.2, -0.15) is 0 Å². The Hall–Kier alpha value is -2.42. The highest BCUT2D eigenvalue weighted by Gasteiger charge is 2.23. The van der Waals surface area contributed by atoms with Crippen molar-refractivity contribution in [3.63, 3.8) is 0 Å². The summed E-state index contributed by atoms with van der Waals surface area (Å²) in [5.74, 6) is 1.45. The first kappa shape index (κ1) is 18.4. The molecule has 3 nitrogen and oxygen atoms in total. The zero-order valence-corrected chi connectivity index (χ0v) is 16.4. The van der Waals surface area contributed by atoms with E-state index in [1.165, 1.54) is 11.1 Å². The van der Waals surface area contributed by atoms with Gasteiger partial charge in [-0.1, -0.05) is 76.2 Å². The van der Waals surface area contributed by atoms with E-state index in [4.69, 9.17) is 9.73 Å². The number of hydrogen-bond donors (Lipinski definition) is 0. The highest BCUT2D eigenvalue weighted by atomic mass is 16.5. The van der Waals surface area contributed by atoms with Crippen LogP contribution >= 0.6 is 0 Å². The number of benzene rings is 2. The van der Waals surface area contributed by atoms with E-state index in [0.717, 1.165) is 17.0 Å². The van der Waals surface area contributed by atoms with Crippen molar-refractivity contribution in [2.24, 2.45) is 9.98 Å². The van der Waals surface area contributed by atoms with Crippen molar-refractivity contribution in [3.8, 4) is 0 Å². The van der Waals surface area contributed by atoms with Gasteiger partial charge in [0.1, 0.15) is 12.3 Å². The van der Waals surface area contributed by atoms with Gasteiger partial charge in [0.15, 0.2) is 0 Å². The normalized spacial score (nSPS) is 17.6. The lowest BCUT2D eigenvalue weighted by molar-refractivity contribution is 0.328. The second kappa shape index (κ2) is 7.86. The fraction of sp³-hybridized carbons (Fsp3) is 0.391. The van der Waals surface area contributed by atoms with Crippen molar-refractivity contribution in [2.45, 2.75) is 52.5 Å². The molecule has 0 spiro atoms. The molecule has 0 aliphatic carbocycles. The standard InChI is InChI=1S/C23H28N2O/c1-15(2)19-12-9-13-20(16(3)4)22(19)25-21(18-10-7-6-8-11-18)23-24-17(5)14-26-23/h6-13,15-17H,14H2,1-5H3/b25-21+/t17-/m0/s1. The minimum absolute atomic E-state index is 0.170. The van der Waals surface area contributed by atoms with E-state index < -0.39 is 0 Å². The largest absolute Gasteiger partial charge is 0.474 e. The van der Waals surface area contributed by atoms with Crippen molar-refractivity contribution >= 4 is 17.3 Å². The zero-order valence-electron chi connectivity index (χ0n) is 16.4. The molecule has 2 aromatic carbocycles. The highest BCUT2D eigenvalue weighted by Crippen LogP contribution is 2.35. The first-order chi connectivity index (χ1) is 12.5. The third-order valence-electron chi connectivity index (χ3n) is 4.61. The minimum Gasteiger partial charge on any atom is -0.474 e. The predicted octanol–water partition coefficient (Wildman–Crippen LogP) is 5.87. The summed E-state index contributed by atoms with van der Waals surface area (Å²) in [5, 5.41) is 0. The topological polar surface area (TPSA) is 34.0 Å². The molecule has 3 heteroatoms. The summed E-state index contributed by atoms with van der Waals surface area (Å²) >= 11 is 0. The van der Waals surface area contributed by atoms with E-state index >= 15 is 0 Å². The Morgan fingerprint density at radius 1 is 0.962 bits per heavy atom. The number of aliphatic imine (C=N–C) groups is 2. The number of rotatable bonds is 5. The fourth-order valence-electron chi connectivity index (χ4n) is 3.19. The molecule has 1 heterocycles. The minimum atomic E-state index is 0.170. The Morgan fingerprint density at radius 3 is 2.08 bits per heavy atom. The molecule has 0 N–H and O–H groups in total. The molecule has 0 fully saturated rings. The molecule has 26 heavy (non-hydrogen) atoms. The summed E-state index contributed by atoms with van der Waals surface area (Å²) in [6.45, 7) is 11.5. The first-order valence-corrected chi connectivity index (χ1v) is 9.45. The maximum absolute atomic E-state index is 5.87. The van der Waals surface area contributed by atoms with Crippen LogP contribution in [0.15, 0.2) is 58.5 Å². The average Bonchev–Trinajstić information content (AvgIpc) is 3.06. The van der Waals surface area contributed by atoms with E-state index in [-0.39, 0.29) is 6.04 Å². The predicted molar refractivity (Wildman–Crippen MR) is 110 cm³/mol. The van der Waals surface area contributed by atoms with Crippen LogP contribution in [0.3, 0.4) is 0 Å².